The van der Waals surface area contributed by atoms with Gasteiger partial charge in [-0.2, -0.15) is 0 Å². The van der Waals surface area contributed by atoms with Gasteiger partial charge in [-0.25, -0.2) is 13.4 Å². The predicted octanol–water partition coefficient (Wildman–Crippen LogP) is 2.86. The SMILES string of the molecule is CS(=O)(=O)C1CCc2c3c(ccc2=C1C1=NCC2=c4c[c]ccc4=NC2=C1)=c1ccccc1=CC3CCN1CCCCC1. The van der Waals surface area contributed by atoms with Crippen molar-refractivity contribution in [2.45, 2.75) is 49.7 Å². The van der Waals surface area contributed by atoms with E-state index in [2.05, 4.69) is 53.4 Å². The predicted molar refractivity (Wildman–Crippen MR) is 172 cm³/mol. The maximum atomic E-state index is 13.3. The number of likely N-dealkylation sites (tertiary alicyclic amines) is 1. The number of hydrogen-bond acceptors (Lipinski definition) is 5. The number of piperidine rings is 1. The van der Waals surface area contributed by atoms with E-state index in [-0.39, 0.29) is 0 Å². The molecule has 5 aliphatic rings. The van der Waals surface area contributed by atoms with Crippen LogP contribution in [0.1, 0.15) is 49.1 Å². The van der Waals surface area contributed by atoms with Crippen LogP contribution in [-0.4, -0.2) is 56.7 Å². The average molecular weight is 587 g/mol. The van der Waals surface area contributed by atoms with Gasteiger partial charge >= 0.3 is 0 Å². The van der Waals surface area contributed by atoms with Crippen LogP contribution in [0.4, 0.5) is 0 Å². The van der Waals surface area contributed by atoms with Crippen LogP contribution in [0.15, 0.2) is 76.4 Å². The maximum absolute atomic E-state index is 13.3. The van der Waals surface area contributed by atoms with Crippen LogP contribution < -0.4 is 21.0 Å². The molecule has 3 aromatic carbocycles. The van der Waals surface area contributed by atoms with Crippen LogP contribution in [0, 0.1) is 16.5 Å². The highest BCUT2D eigenvalue weighted by Gasteiger charge is 2.35. The molecule has 0 saturated carbocycles. The summed E-state index contributed by atoms with van der Waals surface area (Å²) in [5, 5.41) is 6.36. The van der Waals surface area contributed by atoms with E-state index in [1.54, 1.807) is 0 Å². The number of aliphatic imine (C=N–C) groups is 1. The van der Waals surface area contributed by atoms with Crippen LogP contribution in [-0.2, 0) is 16.3 Å². The minimum Gasteiger partial charge on any atom is -0.303 e. The highest BCUT2D eigenvalue weighted by molar-refractivity contribution is 7.91. The van der Waals surface area contributed by atoms with Gasteiger partial charge in [-0.3, -0.25) is 4.99 Å². The summed E-state index contributed by atoms with van der Waals surface area (Å²) in [6.07, 6.45) is 12.2. The van der Waals surface area contributed by atoms with Gasteiger partial charge in [0.05, 0.1) is 28.6 Å². The van der Waals surface area contributed by atoms with Crippen molar-refractivity contribution in [2.24, 2.45) is 9.98 Å². The zero-order valence-corrected chi connectivity index (χ0v) is 25.5. The van der Waals surface area contributed by atoms with Crippen molar-refractivity contribution < 1.29 is 8.42 Å². The molecule has 6 heteroatoms. The molecule has 0 bridgehead atoms. The second-order valence-electron chi connectivity index (χ2n) is 12.6. The lowest BCUT2D eigenvalue weighted by Crippen LogP contribution is -2.38. The molecule has 3 aliphatic heterocycles. The Balaban J connectivity index is 1.33. The van der Waals surface area contributed by atoms with E-state index in [1.807, 2.05) is 24.3 Å². The van der Waals surface area contributed by atoms with E-state index in [4.69, 9.17) is 9.98 Å². The molecule has 1 radical (unpaired) electrons. The molecule has 3 heterocycles. The Bertz CT molecular complexity index is 2190. The van der Waals surface area contributed by atoms with Gasteiger partial charge in [-0.05, 0) is 108 Å². The van der Waals surface area contributed by atoms with E-state index < -0.39 is 15.1 Å². The summed E-state index contributed by atoms with van der Waals surface area (Å²) >= 11 is 0. The van der Waals surface area contributed by atoms with Gasteiger partial charge in [-0.1, -0.05) is 55.0 Å². The van der Waals surface area contributed by atoms with E-state index in [1.165, 1.54) is 65.4 Å². The molecule has 3 aromatic rings. The van der Waals surface area contributed by atoms with Crippen molar-refractivity contribution in [1.29, 1.82) is 0 Å². The van der Waals surface area contributed by atoms with Crippen molar-refractivity contribution in [2.75, 3.05) is 32.4 Å². The Morgan fingerprint density at radius 1 is 0.977 bits per heavy atom. The number of rotatable bonds is 5. The van der Waals surface area contributed by atoms with Crippen LogP contribution in [0.25, 0.3) is 17.2 Å². The van der Waals surface area contributed by atoms with Gasteiger partial charge in [0, 0.05) is 28.5 Å². The Morgan fingerprint density at radius 2 is 1.81 bits per heavy atom. The fourth-order valence-electron chi connectivity index (χ4n) is 7.97. The lowest BCUT2D eigenvalue weighted by Gasteiger charge is -2.31. The lowest BCUT2D eigenvalue weighted by atomic mass is 9.79. The van der Waals surface area contributed by atoms with Gasteiger partial charge in [0.2, 0.25) is 0 Å². The van der Waals surface area contributed by atoms with Gasteiger partial charge in [0.25, 0.3) is 0 Å². The molecule has 217 valence electrons. The Morgan fingerprint density at radius 3 is 2.67 bits per heavy atom. The number of sulfone groups is 1. The molecule has 2 atom stereocenters. The normalized spacial score (nSPS) is 22.6. The minimum absolute atomic E-state index is 0.292. The first-order valence-electron chi connectivity index (χ1n) is 15.7. The van der Waals surface area contributed by atoms with Crippen LogP contribution in [0.5, 0.6) is 0 Å². The van der Waals surface area contributed by atoms with Gasteiger partial charge in [0.1, 0.15) is 0 Å². The number of dihydropyridines is 1. The van der Waals surface area contributed by atoms with Gasteiger partial charge in [0.15, 0.2) is 9.84 Å². The van der Waals surface area contributed by atoms with E-state index in [0.717, 1.165) is 57.7 Å². The first-order valence-corrected chi connectivity index (χ1v) is 17.6. The van der Waals surface area contributed by atoms with Gasteiger partial charge in [-0.15, -0.1) is 0 Å². The summed E-state index contributed by atoms with van der Waals surface area (Å²) in [5.41, 5.74) is 6.30. The van der Waals surface area contributed by atoms with Crippen molar-refractivity contribution >= 4 is 32.8 Å². The van der Waals surface area contributed by atoms with Crippen LogP contribution >= 0.6 is 0 Å². The number of benzene rings is 3. The largest absolute Gasteiger partial charge is 0.303 e. The lowest BCUT2D eigenvalue weighted by molar-refractivity contribution is 0.224. The molecule has 0 N–H and O–H groups in total. The zero-order valence-electron chi connectivity index (χ0n) is 24.6. The molecular formula is C37H36N3O2S. The summed E-state index contributed by atoms with van der Waals surface area (Å²) in [7, 11) is -3.36. The summed E-state index contributed by atoms with van der Waals surface area (Å²) in [4.78, 5) is 12.6. The molecule has 8 rings (SSSR count). The molecule has 5 nitrogen and oxygen atoms in total. The number of fused-ring (bicyclic) bond motifs is 6. The van der Waals surface area contributed by atoms with Crippen LogP contribution in [0.3, 0.4) is 0 Å². The molecule has 43 heavy (non-hydrogen) atoms. The first kappa shape index (κ1) is 27.0. The molecule has 2 unspecified atom stereocenters. The van der Waals surface area contributed by atoms with Crippen molar-refractivity contribution in [3.63, 3.8) is 0 Å². The third-order valence-electron chi connectivity index (χ3n) is 10.0. The van der Waals surface area contributed by atoms with E-state index in [9.17, 15) is 8.42 Å². The molecule has 0 spiro atoms. The second kappa shape index (κ2) is 10.5. The summed E-state index contributed by atoms with van der Waals surface area (Å²) in [5.74, 6) is 0.292. The van der Waals surface area contributed by atoms with Crippen molar-refractivity contribution in [1.82, 2.24) is 4.90 Å². The summed E-state index contributed by atoms with van der Waals surface area (Å²) in [6, 6.07) is 22.2. The fraction of sp³-hybridized carbons (Fsp3) is 0.351. The molecule has 1 saturated heterocycles. The number of allylic oxidation sites excluding steroid dienone is 1. The molecule has 2 aliphatic carbocycles. The van der Waals surface area contributed by atoms with Crippen molar-refractivity contribution in [3.8, 4) is 0 Å². The maximum Gasteiger partial charge on any atom is 0.154 e. The Kier molecular flexibility index (Phi) is 6.61. The second-order valence-corrected chi connectivity index (χ2v) is 14.9. The van der Waals surface area contributed by atoms with Crippen LogP contribution in [0.2, 0.25) is 0 Å². The molecular weight excluding hydrogens is 550 g/mol. The van der Waals surface area contributed by atoms with Gasteiger partial charge < -0.3 is 4.90 Å². The number of nitrogens with zero attached hydrogens (tertiary/aromatic N) is 3. The Hall–Kier alpha value is -3.61. The quantitative estimate of drug-likeness (QED) is 0.462. The van der Waals surface area contributed by atoms with E-state index >= 15 is 0 Å². The summed E-state index contributed by atoms with van der Waals surface area (Å²) in [6.45, 7) is 3.97. The number of hydrogen-bond donors (Lipinski definition) is 0. The third-order valence-corrected chi connectivity index (χ3v) is 11.5. The molecule has 0 aromatic heterocycles. The first-order chi connectivity index (χ1) is 21.0. The Labute approximate surface area is 252 Å². The van der Waals surface area contributed by atoms with E-state index in [0.29, 0.717) is 18.9 Å². The average Bonchev–Trinajstić information content (AvgIpc) is 3.40. The highest BCUT2D eigenvalue weighted by atomic mass is 32.2. The zero-order chi connectivity index (χ0) is 29.1. The standard InChI is InChI=1S/C37H36N3O2S/c1-43(41,42)35-16-15-29-30(37(35)34-22-33-31(23-38-34)27-11-5-6-12-32(27)39-33)14-13-28-26-10-4-3-9-24(26)21-25(36(28)29)17-20-40-18-7-2-8-19-40/h3-4,6,9-14,21-22,25,35H,2,7-8,15-20,23H2,1H3. The minimum atomic E-state index is -3.36. The fourth-order valence-corrected chi connectivity index (χ4v) is 9.20. The van der Waals surface area contributed by atoms with Crippen molar-refractivity contribution in [3.05, 3.63) is 115 Å². The third kappa shape index (κ3) is 4.67. The monoisotopic (exact) mass is 586 g/mol. The topological polar surface area (TPSA) is 62.1 Å². The summed E-state index contributed by atoms with van der Waals surface area (Å²) < 4.78 is 26.6. The highest BCUT2D eigenvalue weighted by Crippen LogP contribution is 2.34. The molecule has 0 amide bonds. The smallest absolute Gasteiger partial charge is 0.154 e. The molecule has 1 fully saturated rings.